The highest BCUT2D eigenvalue weighted by molar-refractivity contribution is 5.76. The number of anilines is 1. The highest BCUT2D eigenvalue weighted by atomic mass is 16.2. The van der Waals surface area contributed by atoms with E-state index in [1.54, 1.807) is 6.33 Å². The van der Waals surface area contributed by atoms with Crippen LogP contribution in [0.2, 0.25) is 0 Å². The number of piperazine rings is 1. The van der Waals surface area contributed by atoms with Crippen molar-refractivity contribution in [1.29, 1.82) is 0 Å². The topological polar surface area (TPSA) is 52.6 Å². The molecule has 0 spiro atoms. The molecule has 6 nitrogen and oxygen atoms in total. The molecule has 1 saturated heterocycles. The lowest BCUT2D eigenvalue weighted by Gasteiger charge is -2.43. The van der Waals surface area contributed by atoms with Gasteiger partial charge in [-0.3, -0.25) is 9.69 Å². The molecule has 0 radical (unpaired) electrons. The van der Waals surface area contributed by atoms with Gasteiger partial charge in [-0.05, 0) is 25.7 Å². The first kappa shape index (κ1) is 16.8. The summed E-state index contributed by atoms with van der Waals surface area (Å²) < 4.78 is 0. The van der Waals surface area contributed by atoms with Gasteiger partial charge < -0.3 is 9.80 Å². The molecule has 1 aliphatic carbocycles. The zero-order valence-electron chi connectivity index (χ0n) is 15.3. The van der Waals surface area contributed by atoms with Crippen molar-refractivity contribution in [1.82, 2.24) is 19.8 Å². The van der Waals surface area contributed by atoms with Gasteiger partial charge in [-0.15, -0.1) is 0 Å². The number of carbonyl (C=O) groups is 1. The zero-order valence-corrected chi connectivity index (χ0v) is 15.3. The first-order valence-electron chi connectivity index (χ1n) is 9.85. The average Bonchev–Trinajstić information content (AvgIpc) is 2.60. The van der Waals surface area contributed by atoms with Crippen molar-refractivity contribution in [2.75, 3.05) is 37.6 Å². The first-order chi connectivity index (χ1) is 12.3. The monoisotopic (exact) mass is 343 g/mol. The van der Waals surface area contributed by atoms with E-state index in [4.69, 9.17) is 0 Å². The number of amides is 1. The van der Waals surface area contributed by atoms with E-state index in [0.29, 0.717) is 13.0 Å². The van der Waals surface area contributed by atoms with E-state index in [-0.39, 0.29) is 5.91 Å². The molecule has 0 bridgehead atoms. The summed E-state index contributed by atoms with van der Waals surface area (Å²) >= 11 is 0. The highest BCUT2D eigenvalue weighted by Crippen LogP contribution is 2.29. The van der Waals surface area contributed by atoms with Gasteiger partial charge in [0.05, 0.1) is 12.2 Å². The Bertz CT molecular complexity index is 622. The van der Waals surface area contributed by atoms with E-state index < -0.39 is 0 Å². The third-order valence-corrected chi connectivity index (χ3v) is 6.01. The van der Waals surface area contributed by atoms with Crippen molar-refractivity contribution < 1.29 is 4.79 Å². The molecule has 3 heterocycles. The van der Waals surface area contributed by atoms with Crippen molar-refractivity contribution in [3.05, 3.63) is 17.6 Å². The van der Waals surface area contributed by atoms with Gasteiger partial charge in [0.2, 0.25) is 5.91 Å². The van der Waals surface area contributed by atoms with Gasteiger partial charge in [-0.1, -0.05) is 13.3 Å². The van der Waals surface area contributed by atoms with Crippen LogP contribution in [-0.2, 0) is 17.8 Å². The first-order valence-corrected chi connectivity index (χ1v) is 9.85. The Balaban J connectivity index is 1.44. The summed E-state index contributed by atoms with van der Waals surface area (Å²) in [6, 6.07) is 0.833. The zero-order chi connectivity index (χ0) is 17.2. The van der Waals surface area contributed by atoms with Crippen molar-refractivity contribution in [3.8, 4) is 0 Å². The van der Waals surface area contributed by atoms with Crippen molar-refractivity contribution in [3.63, 3.8) is 0 Å². The fourth-order valence-corrected chi connectivity index (χ4v) is 4.25. The van der Waals surface area contributed by atoms with E-state index >= 15 is 0 Å². The van der Waals surface area contributed by atoms with Crippen LogP contribution in [0.15, 0.2) is 6.33 Å². The number of aromatic nitrogens is 2. The van der Waals surface area contributed by atoms with Gasteiger partial charge >= 0.3 is 0 Å². The lowest BCUT2D eigenvalue weighted by Crippen LogP contribution is -2.52. The fraction of sp³-hybridized carbons (Fsp3) is 0.737. The van der Waals surface area contributed by atoms with Crippen LogP contribution >= 0.6 is 0 Å². The van der Waals surface area contributed by atoms with E-state index in [2.05, 4.69) is 26.7 Å². The predicted octanol–water partition coefficient (Wildman–Crippen LogP) is 1.84. The van der Waals surface area contributed by atoms with Gasteiger partial charge in [0, 0.05) is 50.7 Å². The minimum absolute atomic E-state index is 0.252. The van der Waals surface area contributed by atoms with Gasteiger partial charge in [0.1, 0.15) is 12.1 Å². The number of hydrogen-bond acceptors (Lipinski definition) is 5. The van der Waals surface area contributed by atoms with E-state index in [0.717, 1.165) is 63.1 Å². The SMILES string of the molecule is CCCC(=O)N1CCc2c(ncnc2N2CCN(C3CCC3)CC2)C1. The maximum absolute atomic E-state index is 12.2. The molecule has 1 aromatic rings. The molecule has 0 N–H and O–H groups in total. The molecule has 136 valence electrons. The number of rotatable bonds is 4. The standard InChI is InChI=1S/C19H29N5O/c1-2-4-18(25)24-8-7-16-17(13-24)20-14-21-19(16)23-11-9-22(10-12-23)15-5-3-6-15/h14-15H,2-13H2,1H3. The summed E-state index contributed by atoms with van der Waals surface area (Å²) in [6.45, 7) is 7.89. The largest absolute Gasteiger partial charge is 0.354 e. The fourth-order valence-electron chi connectivity index (χ4n) is 4.25. The number of hydrogen-bond donors (Lipinski definition) is 0. The molecule has 25 heavy (non-hydrogen) atoms. The molecular formula is C19H29N5O. The quantitative estimate of drug-likeness (QED) is 0.835. The summed E-state index contributed by atoms with van der Waals surface area (Å²) in [6.07, 6.45) is 8.26. The van der Waals surface area contributed by atoms with Crippen LogP contribution in [0.3, 0.4) is 0 Å². The van der Waals surface area contributed by atoms with Gasteiger partial charge in [0.15, 0.2) is 0 Å². The summed E-state index contributed by atoms with van der Waals surface area (Å²) in [7, 11) is 0. The van der Waals surface area contributed by atoms with Gasteiger partial charge in [-0.25, -0.2) is 9.97 Å². The van der Waals surface area contributed by atoms with Crippen LogP contribution in [-0.4, -0.2) is 64.4 Å². The van der Waals surface area contributed by atoms with Crippen molar-refractivity contribution >= 4 is 11.7 Å². The molecule has 1 aromatic heterocycles. The second-order valence-corrected chi connectivity index (χ2v) is 7.55. The summed E-state index contributed by atoms with van der Waals surface area (Å²) in [4.78, 5) is 28.3. The van der Waals surface area contributed by atoms with E-state index in [1.807, 2.05) is 4.90 Å². The summed E-state index contributed by atoms with van der Waals surface area (Å²) in [5, 5.41) is 0. The van der Waals surface area contributed by atoms with Crippen LogP contribution < -0.4 is 4.90 Å². The highest BCUT2D eigenvalue weighted by Gasteiger charge is 2.30. The lowest BCUT2D eigenvalue weighted by molar-refractivity contribution is -0.132. The van der Waals surface area contributed by atoms with Gasteiger partial charge in [-0.2, -0.15) is 0 Å². The third-order valence-electron chi connectivity index (χ3n) is 6.01. The Kier molecular flexibility index (Phi) is 4.88. The Morgan fingerprint density at radius 2 is 1.96 bits per heavy atom. The van der Waals surface area contributed by atoms with Crippen LogP contribution in [0, 0.1) is 0 Å². The number of nitrogens with zero attached hydrogens (tertiary/aromatic N) is 5. The van der Waals surface area contributed by atoms with Gasteiger partial charge in [0.25, 0.3) is 0 Å². The molecule has 0 atom stereocenters. The summed E-state index contributed by atoms with van der Waals surface area (Å²) in [5.41, 5.74) is 2.31. The average molecular weight is 343 g/mol. The van der Waals surface area contributed by atoms with Crippen LogP contribution in [0.25, 0.3) is 0 Å². The van der Waals surface area contributed by atoms with Crippen LogP contribution in [0.5, 0.6) is 0 Å². The summed E-state index contributed by atoms with van der Waals surface area (Å²) in [5.74, 6) is 1.36. The molecule has 2 aliphatic heterocycles. The van der Waals surface area contributed by atoms with Crippen molar-refractivity contribution in [2.24, 2.45) is 0 Å². The molecule has 1 saturated carbocycles. The second kappa shape index (κ2) is 7.28. The molecule has 0 aromatic carbocycles. The minimum Gasteiger partial charge on any atom is -0.354 e. The normalized spacial score (nSPS) is 21.8. The number of fused-ring (bicyclic) bond motifs is 1. The lowest BCUT2D eigenvalue weighted by atomic mass is 9.91. The molecule has 0 unspecified atom stereocenters. The predicted molar refractivity (Wildman–Crippen MR) is 97.5 cm³/mol. The second-order valence-electron chi connectivity index (χ2n) is 7.55. The van der Waals surface area contributed by atoms with Crippen molar-refractivity contribution in [2.45, 2.75) is 58.0 Å². The third kappa shape index (κ3) is 3.36. The Hall–Kier alpha value is -1.69. The van der Waals surface area contributed by atoms with Crippen LogP contribution in [0.4, 0.5) is 5.82 Å². The minimum atomic E-state index is 0.252. The molecule has 1 amide bonds. The van der Waals surface area contributed by atoms with E-state index in [9.17, 15) is 4.79 Å². The Morgan fingerprint density at radius 1 is 1.16 bits per heavy atom. The Labute approximate surface area is 150 Å². The molecule has 4 rings (SSSR count). The maximum Gasteiger partial charge on any atom is 0.222 e. The van der Waals surface area contributed by atoms with E-state index in [1.165, 1.54) is 24.8 Å². The smallest absolute Gasteiger partial charge is 0.222 e. The van der Waals surface area contributed by atoms with Crippen LogP contribution in [0.1, 0.15) is 50.3 Å². The Morgan fingerprint density at radius 3 is 2.64 bits per heavy atom. The molecule has 2 fully saturated rings. The molecular weight excluding hydrogens is 314 g/mol. The number of carbonyl (C=O) groups excluding carboxylic acids is 1. The molecule has 3 aliphatic rings. The maximum atomic E-state index is 12.2. The molecule has 6 heteroatoms.